The molecular formula is C17H30N2. The minimum atomic E-state index is 0.489. The van der Waals surface area contributed by atoms with Crippen LogP contribution in [-0.4, -0.2) is 30.1 Å². The summed E-state index contributed by atoms with van der Waals surface area (Å²) in [6.07, 6.45) is 2.26. The van der Waals surface area contributed by atoms with Gasteiger partial charge in [-0.1, -0.05) is 44.2 Å². The van der Waals surface area contributed by atoms with Crippen LogP contribution in [0.4, 0.5) is 0 Å². The number of nitrogens with two attached hydrogens (primary N) is 1. The summed E-state index contributed by atoms with van der Waals surface area (Å²) in [7, 11) is 0. The monoisotopic (exact) mass is 262 g/mol. The van der Waals surface area contributed by atoms with Gasteiger partial charge < -0.3 is 5.73 Å². The molecule has 0 aliphatic heterocycles. The van der Waals surface area contributed by atoms with E-state index in [9.17, 15) is 0 Å². The molecule has 2 heteroatoms. The molecule has 1 atom stereocenters. The Bertz CT molecular complexity index is 332. The second-order valence-corrected chi connectivity index (χ2v) is 6.10. The molecule has 0 amide bonds. The molecule has 108 valence electrons. The molecule has 1 aromatic carbocycles. The summed E-state index contributed by atoms with van der Waals surface area (Å²) in [6, 6.07) is 11.8. The average molecular weight is 262 g/mol. The first kappa shape index (κ1) is 16.2. The molecule has 0 radical (unpaired) electrons. The Morgan fingerprint density at radius 1 is 1.05 bits per heavy atom. The highest BCUT2D eigenvalue weighted by Gasteiger charge is 2.20. The lowest BCUT2D eigenvalue weighted by atomic mass is 10.0. The van der Waals surface area contributed by atoms with Crippen LogP contribution in [-0.2, 0) is 6.42 Å². The van der Waals surface area contributed by atoms with E-state index in [4.69, 9.17) is 5.73 Å². The standard InChI is InChI=1S/C17H30N2/c1-14(2)13-19(15(3)4)17(12-18)11-10-16-8-6-5-7-9-16/h5-9,14-15,17H,10-13,18H2,1-4H3. The predicted octanol–water partition coefficient (Wildman–Crippen LogP) is 3.31. The van der Waals surface area contributed by atoms with E-state index in [2.05, 4.69) is 62.9 Å². The fourth-order valence-corrected chi connectivity index (χ4v) is 2.60. The van der Waals surface area contributed by atoms with Gasteiger partial charge in [-0.3, -0.25) is 4.90 Å². The molecule has 0 aromatic heterocycles. The van der Waals surface area contributed by atoms with E-state index in [1.165, 1.54) is 5.56 Å². The van der Waals surface area contributed by atoms with Crippen molar-refractivity contribution in [2.24, 2.45) is 11.7 Å². The third kappa shape index (κ3) is 5.75. The number of aryl methyl sites for hydroxylation is 1. The van der Waals surface area contributed by atoms with Crippen molar-refractivity contribution in [1.82, 2.24) is 4.90 Å². The molecular weight excluding hydrogens is 232 g/mol. The molecule has 2 N–H and O–H groups in total. The molecule has 0 fully saturated rings. The molecule has 1 rings (SSSR count). The highest BCUT2D eigenvalue weighted by molar-refractivity contribution is 5.14. The topological polar surface area (TPSA) is 29.3 Å². The summed E-state index contributed by atoms with van der Waals surface area (Å²) < 4.78 is 0. The summed E-state index contributed by atoms with van der Waals surface area (Å²) in [6.45, 7) is 11.0. The van der Waals surface area contributed by atoms with Crippen LogP contribution in [0, 0.1) is 5.92 Å². The van der Waals surface area contributed by atoms with Gasteiger partial charge >= 0.3 is 0 Å². The van der Waals surface area contributed by atoms with Gasteiger partial charge in [0.05, 0.1) is 0 Å². The summed E-state index contributed by atoms with van der Waals surface area (Å²) in [5, 5.41) is 0. The number of benzene rings is 1. The van der Waals surface area contributed by atoms with E-state index in [0.29, 0.717) is 18.0 Å². The van der Waals surface area contributed by atoms with Crippen molar-refractivity contribution >= 4 is 0 Å². The lowest BCUT2D eigenvalue weighted by Crippen LogP contribution is -2.46. The van der Waals surface area contributed by atoms with Crippen LogP contribution in [0.15, 0.2) is 30.3 Å². The number of rotatable bonds is 8. The summed E-state index contributed by atoms with van der Waals surface area (Å²) in [5.74, 6) is 0.688. The third-order valence-electron chi connectivity index (χ3n) is 3.59. The van der Waals surface area contributed by atoms with Crippen molar-refractivity contribution in [3.05, 3.63) is 35.9 Å². The number of hydrogen-bond acceptors (Lipinski definition) is 2. The van der Waals surface area contributed by atoms with Crippen molar-refractivity contribution in [3.8, 4) is 0 Å². The van der Waals surface area contributed by atoms with E-state index in [1.807, 2.05) is 0 Å². The van der Waals surface area contributed by atoms with Gasteiger partial charge in [0.2, 0.25) is 0 Å². The molecule has 0 saturated carbocycles. The largest absolute Gasteiger partial charge is 0.329 e. The van der Waals surface area contributed by atoms with E-state index in [-0.39, 0.29) is 0 Å². The van der Waals surface area contributed by atoms with E-state index in [1.54, 1.807) is 0 Å². The Morgan fingerprint density at radius 3 is 2.16 bits per heavy atom. The van der Waals surface area contributed by atoms with E-state index in [0.717, 1.165) is 25.9 Å². The van der Waals surface area contributed by atoms with Crippen LogP contribution in [0.5, 0.6) is 0 Å². The van der Waals surface area contributed by atoms with Gasteiger partial charge in [0.1, 0.15) is 0 Å². The molecule has 0 bridgehead atoms. The zero-order valence-electron chi connectivity index (χ0n) is 13.0. The smallest absolute Gasteiger partial charge is 0.0224 e. The molecule has 0 heterocycles. The second-order valence-electron chi connectivity index (χ2n) is 6.10. The Kier molecular flexibility index (Phi) is 7.11. The molecule has 0 saturated heterocycles. The SMILES string of the molecule is CC(C)CN(C(C)C)C(CN)CCc1ccccc1. The fourth-order valence-electron chi connectivity index (χ4n) is 2.60. The van der Waals surface area contributed by atoms with Crippen molar-refractivity contribution in [2.75, 3.05) is 13.1 Å². The summed E-state index contributed by atoms with van der Waals surface area (Å²) in [4.78, 5) is 2.56. The third-order valence-corrected chi connectivity index (χ3v) is 3.59. The predicted molar refractivity (Wildman–Crippen MR) is 84.3 cm³/mol. The molecule has 0 aliphatic rings. The first-order valence-electron chi connectivity index (χ1n) is 7.54. The van der Waals surface area contributed by atoms with Crippen molar-refractivity contribution < 1.29 is 0 Å². The lowest BCUT2D eigenvalue weighted by Gasteiger charge is -2.35. The molecule has 2 nitrogen and oxygen atoms in total. The highest BCUT2D eigenvalue weighted by atomic mass is 15.2. The normalized spacial score (nSPS) is 13.5. The second kappa shape index (κ2) is 8.34. The highest BCUT2D eigenvalue weighted by Crippen LogP contribution is 2.14. The maximum atomic E-state index is 6.01. The summed E-state index contributed by atoms with van der Waals surface area (Å²) >= 11 is 0. The van der Waals surface area contributed by atoms with Gasteiger partial charge in [-0.2, -0.15) is 0 Å². The van der Waals surface area contributed by atoms with Gasteiger partial charge in [-0.25, -0.2) is 0 Å². The first-order valence-corrected chi connectivity index (χ1v) is 7.54. The van der Waals surface area contributed by atoms with Crippen molar-refractivity contribution in [2.45, 2.75) is 52.6 Å². The van der Waals surface area contributed by atoms with Gasteiger partial charge in [0, 0.05) is 25.2 Å². The molecule has 1 aromatic rings. The number of nitrogens with zero attached hydrogens (tertiary/aromatic N) is 1. The van der Waals surface area contributed by atoms with Crippen LogP contribution in [0.3, 0.4) is 0 Å². The lowest BCUT2D eigenvalue weighted by molar-refractivity contribution is 0.132. The van der Waals surface area contributed by atoms with Crippen molar-refractivity contribution in [3.63, 3.8) is 0 Å². The van der Waals surface area contributed by atoms with Crippen LogP contribution >= 0.6 is 0 Å². The quantitative estimate of drug-likeness (QED) is 0.779. The minimum absolute atomic E-state index is 0.489. The van der Waals surface area contributed by atoms with Gasteiger partial charge in [-0.15, -0.1) is 0 Å². The van der Waals surface area contributed by atoms with Crippen LogP contribution in [0.25, 0.3) is 0 Å². The fraction of sp³-hybridized carbons (Fsp3) is 0.647. The average Bonchev–Trinajstić information content (AvgIpc) is 2.38. The first-order chi connectivity index (χ1) is 9.04. The zero-order chi connectivity index (χ0) is 14.3. The van der Waals surface area contributed by atoms with Gasteiger partial charge in [0.25, 0.3) is 0 Å². The minimum Gasteiger partial charge on any atom is -0.329 e. The molecule has 0 spiro atoms. The zero-order valence-corrected chi connectivity index (χ0v) is 13.0. The van der Waals surface area contributed by atoms with Crippen LogP contribution in [0.2, 0.25) is 0 Å². The van der Waals surface area contributed by atoms with Crippen molar-refractivity contribution in [1.29, 1.82) is 0 Å². The number of hydrogen-bond donors (Lipinski definition) is 1. The molecule has 19 heavy (non-hydrogen) atoms. The Morgan fingerprint density at radius 2 is 1.68 bits per heavy atom. The van der Waals surface area contributed by atoms with Gasteiger partial charge in [-0.05, 0) is 38.2 Å². The van der Waals surface area contributed by atoms with Gasteiger partial charge in [0.15, 0.2) is 0 Å². The Balaban J connectivity index is 2.59. The van der Waals surface area contributed by atoms with Crippen LogP contribution in [0.1, 0.15) is 39.7 Å². The van der Waals surface area contributed by atoms with E-state index < -0.39 is 0 Å². The summed E-state index contributed by atoms with van der Waals surface area (Å²) in [5.41, 5.74) is 7.42. The van der Waals surface area contributed by atoms with E-state index >= 15 is 0 Å². The Labute approximate surface area is 119 Å². The van der Waals surface area contributed by atoms with Crippen LogP contribution < -0.4 is 5.73 Å². The maximum absolute atomic E-state index is 6.01. The molecule has 1 unspecified atom stereocenters. The Hall–Kier alpha value is -0.860. The molecule has 0 aliphatic carbocycles. The maximum Gasteiger partial charge on any atom is 0.0224 e.